The minimum atomic E-state index is -0.490. The number of aryl methyl sites for hydroxylation is 2. The van der Waals surface area contributed by atoms with Crippen LogP contribution in [-0.2, 0) is 4.74 Å². The van der Waals surface area contributed by atoms with Crippen molar-refractivity contribution in [3.63, 3.8) is 0 Å². The molecule has 1 heterocycles. The first kappa shape index (κ1) is 11.6. The first-order chi connectivity index (χ1) is 6.79. The molecule has 0 aliphatic heterocycles. The predicted molar refractivity (Wildman–Crippen MR) is 58.0 cm³/mol. The van der Waals surface area contributed by atoms with Crippen LogP contribution in [0.1, 0.15) is 32.1 Å². The maximum absolute atomic E-state index is 11.5. The fraction of sp³-hybridized carbons (Fsp3) is 0.545. The smallest absolute Gasteiger partial charge is 0.412 e. The fourth-order valence-electron chi connectivity index (χ4n) is 1.16. The summed E-state index contributed by atoms with van der Waals surface area (Å²) in [6.07, 6.45) is 1.14. The van der Waals surface area contributed by atoms with E-state index in [9.17, 15) is 4.79 Å². The molecule has 0 unspecified atom stereocenters. The summed E-state index contributed by atoms with van der Waals surface area (Å²) in [6, 6.07) is 0. The molecule has 0 saturated heterocycles. The highest BCUT2D eigenvalue weighted by Gasteiger charge is 2.18. The monoisotopic (exact) mass is 211 g/mol. The lowest BCUT2D eigenvalue weighted by Gasteiger charge is -2.19. The van der Waals surface area contributed by atoms with Crippen molar-refractivity contribution in [1.29, 1.82) is 0 Å². The number of amides is 1. The van der Waals surface area contributed by atoms with E-state index < -0.39 is 11.7 Å². The van der Waals surface area contributed by atoms with Gasteiger partial charge in [-0.05, 0) is 34.6 Å². The molecule has 4 nitrogen and oxygen atoms in total. The Bertz CT molecular complexity index is 341. The Morgan fingerprint density at radius 1 is 1.40 bits per heavy atom. The second-order valence-electron chi connectivity index (χ2n) is 4.48. The molecule has 15 heavy (non-hydrogen) atoms. The summed E-state index contributed by atoms with van der Waals surface area (Å²) in [5, 5.41) is 2.66. The third-order valence-electron chi connectivity index (χ3n) is 1.78. The summed E-state index contributed by atoms with van der Waals surface area (Å²) in [6.45, 7) is 9.12. The average molecular weight is 211 g/mol. The predicted octanol–water partition coefficient (Wildman–Crippen LogP) is 3.24. The van der Waals surface area contributed by atoms with E-state index in [0.717, 1.165) is 5.56 Å². The van der Waals surface area contributed by atoms with E-state index >= 15 is 0 Å². The van der Waals surface area contributed by atoms with Crippen molar-refractivity contribution in [1.82, 2.24) is 0 Å². The molecule has 0 atom stereocenters. The third kappa shape index (κ3) is 3.31. The van der Waals surface area contributed by atoms with Crippen LogP contribution in [0.3, 0.4) is 0 Å². The summed E-state index contributed by atoms with van der Waals surface area (Å²) in [4.78, 5) is 11.5. The van der Waals surface area contributed by atoms with E-state index in [-0.39, 0.29) is 0 Å². The highest BCUT2D eigenvalue weighted by atomic mass is 16.6. The largest absolute Gasteiger partial charge is 0.467 e. The van der Waals surface area contributed by atoms with Gasteiger partial charge < -0.3 is 9.15 Å². The van der Waals surface area contributed by atoms with E-state index in [2.05, 4.69) is 5.32 Å². The number of anilines is 1. The average Bonchev–Trinajstić information content (AvgIpc) is 2.32. The van der Waals surface area contributed by atoms with Gasteiger partial charge in [-0.25, -0.2) is 4.79 Å². The molecule has 0 radical (unpaired) electrons. The topological polar surface area (TPSA) is 51.5 Å². The van der Waals surface area contributed by atoms with Crippen molar-refractivity contribution in [3.05, 3.63) is 17.6 Å². The van der Waals surface area contributed by atoms with Crippen LogP contribution in [0.25, 0.3) is 0 Å². The lowest BCUT2D eigenvalue weighted by Crippen LogP contribution is -2.27. The molecule has 0 saturated carbocycles. The lowest BCUT2D eigenvalue weighted by atomic mass is 10.2. The Hall–Kier alpha value is -1.45. The second-order valence-corrected chi connectivity index (χ2v) is 4.48. The Balaban J connectivity index is 2.67. The van der Waals surface area contributed by atoms with Crippen molar-refractivity contribution in [2.24, 2.45) is 0 Å². The van der Waals surface area contributed by atoms with E-state index in [1.807, 2.05) is 27.7 Å². The van der Waals surface area contributed by atoms with Gasteiger partial charge in [0.15, 0.2) is 0 Å². The Kier molecular flexibility index (Phi) is 3.07. The number of furan rings is 1. The van der Waals surface area contributed by atoms with Crippen molar-refractivity contribution in [3.8, 4) is 0 Å². The van der Waals surface area contributed by atoms with Gasteiger partial charge in [0, 0.05) is 5.56 Å². The first-order valence-corrected chi connectivity index (χ1v) is 4.84. The number of rotatable bonds is 1. The molecular formula is C11H17NO3. The summed E-state index contributed by atoms with van der Waals surface area (Å²) in [7, 11) is 0. The molecule has 4 heteroatoms. The standard InChI is InChI=1S/C11H17NO3/c1-7-6-14-8(2)9(7)12-10(13)15-11(3,4)5/h6H,1-5H3,(H,12,13). The van der Waals surface area contributed by atoms with Crippen molar-refractivity contribution in [2.75, 3.05) is 5.32 Å². The van der Waals surface area contributed by atoms with Crippen LogP contribution >= 0.6 is 0 Å². The zero-order chi connectivity index (χ0) is 11.6. The first-order valence-electron chi connectivity index (χ1n) is 4.84. The number of hydrogen-bond donors (Lipinski definition) is 1. The molecule has 1 amide bonds. The molecule has 0 aliphatic carbocycles. The summed E-state index contributed by atoms with van der Waals surface area (Å²) < 4.78 is 10.3. The molecule has 0 bridgehead atoms. The van der Waals surface area contributed by atoms with Gasteiger partial charge >= 0.3 is 6.09 Å². The van der Waals surface area contributed by atoms with Crippen LogP contribution in [-0.4, -0.2) is 11.7 Å². The van der Waals surface area contributed by atoms with Crippen molar-refractivity contribution < 1.29 is 13.9 Å². The van der Waals surface area contributed by atoms with E-state index in [1.54, 1.807) is 13.2 Å². The SMILES string of the molecule is Cc1coc(C)c1NC(=O)OC(C)(C)C. The molecule has 84 valence electrons. The molecule has 1 N–H and O–H groups in total. The summed E-state index contributed by atoms with van der Waals surface area (Å²) in [5.41, 5.74) is 1.08. The van der Waals surface area contributed by atoms with E-state index in [4.69, 9.17) is 9.15 Å². The van der Waals surface area contributed by atoms with Gasteiger partial charge in [-0.15, -0.1) is 0 Å². The van der Waals surface area contributed by atoms with Crippen molar-refractivity contribution >= 4 is 11.8 Å². The summed E-state index contributed by atoms with van der Waals surface area (Å²) in [5.74, 6) is 0.679. The van der Waals surface area contributed by atoms with E-state index in [0.29, 0.717) is 11.4 Å². The highest BCUT2D eigenvalue weighted by Crippen LogP contribution is 2.22. The number of hydrogen-bond acceptors (Lipinski definition) is 3. The van der Waals surface area contributed by atoms with Gasteiger partial charge in [-0.2, -0.15) is 0 Å². The quantitative estimate of drug-likeness (QED) is 0.775. The Morgan fingerprint density at radius 2 is 2.00 bits per heavy atom. The molecule has 1 aromatic heterocycles. The molecule has 0 aromatic carbocycles. The van der Waals surface area contributed by atoms with Crippen LogP contribution in [0.2, 0.25) is 0 Å². The Morgan fingerprint density at radius 3 is 2.40 bits per heavy atom. The molecule has 0 fully saturated rings. The molecule has 0 spiro atoms. The van der Waals surface area contributed by atoms with Gasteiger partial charge in [0.05, 0.1) is 12.0 Å². The minimum absolute atomic E-state index is 0.463. The Labute approximate surface area is 89.6 Å². The number of ether oxygens (including phenoxy) is 1. The normalized spacial score (nSPS) is 11.3. The number of carbonyl (C=O) groups is 1. The second kappa shape index (κ2) is 3.96. The number of nitrogens with one attached hydrogen (secondary N) is 1. The third-order valence-corrected chi connectivity index (χ3v) is 1.78. The van der Waals surface area contributed by atoms with E-state index in [1.165, 1.54) is 0 Å². The maximum atomic E-state index is 11.5. The van der Waals surface area contributed by atoms with Gasteiger partial charge in [0.1, 0.15) is 11.4 Å². The molecule has 0 aliphatic rings. The summed E-state index contributed by atoms with van der Waals surface area (Å²) >= 11 is 0. The minimum Gasteiger partial charge on any atom is -0.467 e. The van der Waals surface area contributed by atoms with Gasteiger partial charge in [0.25, 0.3) is 0 Å². The maximum Gasteiger partial charge on any atom is 0.412 e. The zero-order valence-corrected chi connectivity index (χ0v) is 9.80. The van der Waals surface area contributed by atoms with Gasteiger partial charge in [0.2, 0.25) is 0 Å². The number of carbonyl (C=O) groups excluding carboxylic acids is 1. The van der Waals surface area contributed by atoms with Gasteiger partial charge in [-0.1, -0.05) is 0 Å². The van der Waals surface area contributed by atoms with Crippen LogP contribution in [0.5, 0.6) is 0 Å². The van der Waals surface area contributed by atoms with Crippen molar-refractivity contribution in [2.45, 2.75) is 40.2 Å². The van der Waals surface area contributed by atoms with Crippen LogP contribution in [0.4, 0.5) is 10.5 Å². The molecular weight excluding hydrogens is 194 g/mol. The van der Waals surface area contributed by atoms with Crippen LogP contribution < -0.4 is 5.32 Å². The highest BCUT2D eigenvalue weighted by molar-refractivity contribution is 5.86. The van der Waals surface area contributed by atoms with Crippen LogP contribution in [0, 0.1) is 13.8 Å². The van der Waals surface area contributed by atoms with Gasteiger partial charge in [-0.3, -0.25) is 5.32 Å². The lowest BCUT2D eigenvalue weighted by molar-refractivity contribution is 0.0635. The van der Waals surface area contributed by atoms with Crippen LogP contribution in [0.15, 0.2) is 10.7 Å². The molecule has 1 rings (SSSR count). The fourth-order valence-corrected chi connectivity index (χ4v) is 1.16. The zero-order valence-electron chi connectivity index (χ0n) is 9.80. The molecule has 1 aromatic rings.